The standard InChI is InChI=1S/C16H28.C13H21F.C10H16F2.C10H20/c1-12(2)16-9-13(3)6-14(4,10-16)8-15(5,7-13)11-16;1-8(2)12-10-3-9-4-11(12)7-13(14,5-9)6-10;1-9(2,3)6-4-7-8(5-6)10(7,11)12;1-8(2)10-6-4-9(3)5-7-10/h12H,6-11H2,1-5H3;8-12H,3-7H2,1-2H3;6-8H,4-5H2,1-3H3;8-10H,4-7H2,1-3H3. The van der Waals surface area contributed by atoms with Gasteiger partial charge in [0.1, 0.15) is 5.67 Å². The van der Waals surface area contributed by atoms with Crippen molar-refractivity contribution in [1.82, 2.24) is 0 Å². The van der Waals surface area contributed by atoms with Crippen LogP contribution in [0.4, 0.5) is 13.2 Å². The molecule has 0 saturated heterocycles. The molecule has 0 aromatic carbocycles. The summed E-state index contributed by atoms with van der Waals surface area (Å²) in [5.74, 6) is 5.37. The fraction of sp³-hybridized carbons (Fsp3) is 1.00. The minimum Gasteiger partial charge on any atom is -0.244 e. The van der Waals surface area contributed by atoms with Gasteiger partial charge in [0.2, 0.25) is 0 Å². The highest BCUT2D eigenvalue weighted by atomic mass is 19.3. The molecule has 52 heavy (non-hydrogen) atoms. The van der Waals surface area contributed by atoms with Crippen molar-refractivity contribution in [2.24, 2.45) is 98.1 Å². The summed E-state index contributed by atoms with van der Waals surface area (Å²) in [4.78, 5) is 0. The first-order valence-corrected chi connectivity index (χ1v) is 22.9. The van der Waals surface area contributed by atoms with Gasteiger partial charge in [0.15, 0.2) is 0 Å². The molecule has 302 valence electrons. The Kier molecular flexibility index (Phi) is 11.2. The van der Waals surface area contributed by atoms with Gasteiger partial charge in [-0.3, -0.25) is 0 Å². The quantitative estimate of drug-likeness (QED) is 0.271. The molecule has 11 saturated carbocycles. The summed E-state index contributed by atoms with van der Waals surface area (Å²) in [5.41, 5.74) is 2.19. The Hall–Kier alpha value is -0.210. The lowest BCUT2D eigenvalue weighted by Gasteiger charge is -2.70. The van der Waals surface area contributed by atoms with Crippen LogP contribution in [0.2, 0.25) is 0 Å². The van der Waals surface area contributed by atoms with Crippen molar-refractivity contribution in [2.75, 3.05) is 0 Å². The van der Waals surface area contributed by atoms with Crippen LogP contribution in [0.3, 0.4) is 0 Å². The molecular formula is C49H85F3. The van der Waals surface area contributed by atoms with E-state index in [1.807, 2.05) is 0 Å². The zero-order valence-electron chi connectivity index (χ0n) is 36.6. The molecule has 0 aliphatic heterocycles. The van der Waals surface area contributed by atoms with Crippen LogP contribution in [0, 0.1) is 98.1 Å². The molecule has 0 aromatic rings. The van der Waals surface area contributed by atoms with Crippen LogP contribution in [0.15, 0.2) is 0 Å². The van der Waals surface area contributed by atoms with Crippen LogP contribution in [0.25, 0.3) is 0 Å². The van der Waals surface area contributed by atoms with Gasteiger partial charge in [0, 0.05) is 11.8 Å². The Morgan fingerprint density at radius 3 is 1.37 bits per heavy atom. The second-order valence-electron chi connectivity index (χ2n) is 25.1. The first-order chi connectivity index (χ1) is 23.8. The Labute approximate surface area is 321 Å². The van der Waals surface area contributed by atoms with Gasteiger partial charge in [-0.25, -0.2) is 13.2 Å². The summed E-state index contributed by atoms with van der Waals surface area (Å²) in [7, 11) is 0. The van der Waals surface area contributed by atoms with E-state index in [4.69, 9.17) is 0 Å². The summed E-state index contributed by atoms with van der Waals surface area (Å²) < 4.78 is 39.9. The molecule has 0 radical (unpaired) electrons. The predicted octanol–water partition coefficient (Wildman–Crippen LogP) is 15.6. The number of halogens is 3. The third kappa shape index (κ3) is 8.40. The number of alkyl halides is 3. The van der Waals surface area contributed by atoms with Crippen LogP contribution in [-0.2, 0) is 0 Å². The molecule has 11 aliphatic rings. The number of hydrogen-bond acceptors (Lipinski definition) is 0. The number of hydrogen-bond donors (Lipinski definition) is 0. The van der Waals surface area contributed by atoms with Crippen LogP contribution >= 0.6 is 0 Å². The lowest BCUT2D eigenvalue weighted by atomic mass is 9.35. The van der Waals surface area contributed by atoms with E-state index in [9.17, 15) is 13.2 Å². The van der Waals surface area contributed by atoms with E-state index in [2.05, 4.69) is 90.0 Å². The van der Waals surface area contributed by atoms with Crippen LogP contribution in [0.1, 0.15) is 199 Å². The van der Waals surface area contributed by atoms with Gasteiger partial charge in [0.05, 0.1) is 0 Å². The highest BCUT2D eigenvalue weighted by Gasteiger charge is 2.72. The maximum atomic E-state index is 14.3. The van der Waals surface area contributed by atoms with Gasteiger partial charge < -0.3 is 0 Å². The summed E-state index contributed by atoms with van der Waals surface area (Å²) in [6, 6.07) is 0. The lowest BCUT2D eigenvalue weighted by Crippen LogP contribution is -2.60. The molecule has 11 aliphatic carbocycles. The van der Waals surface area contributed by atoms with Crippen molar-refractivity contribution in [3.63, 3.8) is 0 Å². The molecule has 0 N–H and O–H groups in total. The molecule has 0 heterocycles. The molecule has 11 fully saturated rings. The zero-order chi connectivity index (χ0) is 38.4. The molecule has 4 unspecified atom stereocenters. The van der Waals surface area contributed by atoms with E-state index in [0.717, 1.165) is 85.4 Å². The maximum absolute atomic E-state index is 14.3. The van der Waals surface area contributed by atoms with Crippen molar-refractivity contribution in [3.05, 3.63) is 0 Å². The number of rotatable bonds is 3. The monoisotopic (exact) mass is 731 g/mol. The van der Waals surface area contributed by atoms with Crippen LogP contribution in [0.5, 0.6) is 0 Å². The molecule has 0 nitrogen and oxygen atoms in total. The third-order valence-electron chi connectivity index (χ3n) is 17.8. The van der Waals surface area contributed by atoms with E-state index < -0.39 is 11.6 Å². The predicted molar refractivity (Wildman–Crippen MR) is 215 cm³/mol. The summed E-state index contributed by atoms with van der Waals surface area (Å²) >= 11 is 0. The van der Waals surface area contributed by atoms with Crippen molar-refractivity contribution in [1.29, 1.82) is 0 Å². The van der Waals surface area contributed by atoms with E-state index in [-0.39, 0.29) is 17.3 Å². The second-order valence-corrected chi connectivity index (χ2v) is 25.1. The van der Waals surface area contributed by atoms with Crippen molar-refractivity contribution in [2.45, 2.75) is 211 Å². The van der Waals surface area contributed by atoms with Gasteiger partial charge in [-0.05, 0) is 183 Å². The largest absolute Gasteiger partial charge is 0.254 e. The summed E-state index contributed by atoms with van der Waals surface area (Å²) in [6.07, 6.45) is 21.8. The molecular weight excluding hydrogens is 646 g/mol. The fourth-order valence-electron chi connectivity index (χ4n) is 16.5. The van der Waals surface area contributed by atoms with Gasteiger partial charge in [-0.2, -0.15) is 0 Å². The third-order valence-corrected chi connectivity index (χ3v) is 17.8. The number of fused-ring (bicyclic) bond motifs is 1. The maximum Gasteiger partial charge on any atom is 0.254 e. The Balaban J connectivity index is 0.000000121. The van der Waals surface area contributed by atoms with Crippen LogP contribution in [-0.4, -0.2) is 11.6 Å². The van der Waals surface area contributed by atoms with Gasteiger partial charge in [0.25, 0.3) is 5.92 Å². The highest BCUT2D eigenvalue weighted by Crippen LogP contribution is 2.75. The zero-order valence-corrected chi connectivity index (χ0v) is 36.6. The highest BCUT2D eigenvalue weighted by molar-refractivity contribution is 5.15. The van der Waals surface area contributed by atoms with Crippen molar-refractivity contribution < 1.29 is 13.2 Å². The molecule has 4 atom stereocenters. The van der Waals surface area contributed by atoms with Crippen LogP contribution < -0.4 is 0 Å². The average Bonchev–Trinajstić information content (AvgIpc) is 3.26. The fourth-order valence-corrected chi connectivity index (χ4v) is 16.5. The Morgan fingerprint density at radius 2 is 1.02 bits per heavy atom. The van der Waals surface area contributed by atoms with E-state index in [1.165, 1.54) is 77.0 Å². The normalized spacial score (nSPS) is 50.2. The van der Waals surface area contributed by atoms with E-state index >= 15 is 0 Å². The van der Waals surface area contributed by atoms with Gasteiger partial charge in [-0.15, -0.1) is 0 Å². The average molecular weight is 731 g/mol. The van der Waals surface area contributed by atoms with Crippen molar-refractivity contribution >= 4 is 0 Å². The molecule has 0 spiro atoms. The Morgan fingerprint density at radius 1 is 0.577 bits per heavy atom. The van der Waals surface area contributed by atoms with E-state index in [1.54, 1.807) is 0 Å². The molecule has 11 rings (SSSR count). The first-order valence-electron chi connectivity index (χ1n) is 22.9. The summed E-state index contributed by atoms with van der Waals surface area (Å²) in [6.45, 7) is 30.9. The first kappa shape index (κ1) is 41.4. The molecule has 0 aromatic heterocycles. The van der Waals surface area contributed by atoms with Gasteiger partial charge >= 0.3 is 0 Å². The molecule has 3 heteroatoms. The molecule has 0 amide bonds. The van der Waals surface area contributed by atoms with E-state index in [0.29, 0.717) is 27.6 Å². The SMILES string of the molecule is CC(C)(C)C1CC2C(C1)C2(F)F.CC(C)C12CC3(C)CC(C)(CC(C)(C3)C1)C2.CC(C)C1C2CC3CC1CC(F)(C3)C2.CC1CCC(C(C)C)CC1. The minimum absolute atomic E-state index is 0.226. The van der Waals surface area contributed by atoms with Gasteiger partial charge in [-0.1, -0.05) is 103 Å². The topological polar surface area (TPSA) is 0 Å². The summed E-state index contributed by atoms with van der Waals surface area (Å²) in [5, 5.41) is 0. The van der Waals surface area contributed by atoms with Crippen molar-refractivity contribution in [3.8, 4) is 0 Å². The minimum atomic E-state index is -2.29. The Bertz CT molecular complexity index is 1150. The lowest BCUT2D eigenvalue weighted by molar-refractivity contribution is -0.198. The smallest absolute Gasteiger partial charge is 0.244 e. The molecule has 8 bridgehead atoms. The second kappa shape index (κ2) is 14.0.